The summed E-state index contributed by atoms with van der Waals surface area (Å²) in [5, 5.41) is 31.1. The molecule has 0 aliphatic rings. The van der Waals surface area contributed by atoms with Crippen LogP contribution >= 0.6 is 11.8 Å². The van der Waals surface area contributed by atoms with Gasteiger partial charge in [0.15, 0.2) is 0 Å². The SMILES string of the molecule is CCC(=O)Nc1cc([As]=O)ccc1NC(=O)CSCC(NC(=O)CCC([NH3+])C(=O)[O-])C(=O)NCC(=O)[O-]. The third-order valence-electron chi connectivity index (χ3n) is 4.61. The van der Waals surface area contributed by atoms with Crippen LogP contribution in [0.1, 0.15) is 26.2 Å². The van der Waals surface area contributed by atoms with Gasteiger partial charge < -0.3 is 25.5 Å². The van der Waals surface area contributed by atoms with Crippen molar-refractivity contribution < 1.29 is 48.5 Å². The summed E-state index contributed by atoms with van der Waals surface area (Å²) in [6, 6.07) is 2.17. The van der Waals surface area contributed by atoms with Crippen LogP contribution in [0.4, 0.5) is 11.4 Å². The first kappa shape index (κ1) is 31.7. The van der Waals surface area contributed by atoms with Crippen LogP contribution in [0.5, 0.6) is 0 Å². The number of benzene rings is 1. The molecular formula is C21H27AsN5O9S-. The van der Waals surface area contributed by atoms with Gasteiger partial charge in [-0.15, -0.1) is 0 Å². The smallest absolute Gasteiger partial charge is 0.548 e. The average molecular weight is 600 g/mol. The fraction of sp³-hybridized carbons (Fsp3) is 0.429. The molecule has 0 fully saturated rings. The van der Waals surface area contributed by atoms with Gasteiger partial charge in [-0.1, -0.05) is 0 Å². The minimum atomic E-state index is -1.55. The summed E-state index contributed by atoms with van der Waals surface area (Å²) in [4.78, 5) is 70.1. The van der Waals surface area contributed by atoms with Crippen LogP contribution in [-0.4, -0.2) is 81.4 Å². The Kier molecular flexibility index (Phi) is 14.1. The number of thioether (sulfide) groups is 1. The van der Waals surface area contributed by atoms with Crippen molar-refractivity contribution in [1.82, 2.24) is 10.6 Å². The Bertz CT molecular complexity index is 1040. The molecule has 0 saturated carbocycles. The molecule has 37 heavy (non-hydrogen) atoms. The average Bonchev–Trinajstić information content (AvgIpc) is 2.85. The first-order valence-corrected chi connectivity index (χ1v) is 13.8. The molecule has 0 aliphatic carbocycles. The van der Waals surface area contributed by atoms with E-state index in [4.69, 9.17) is 0 Å². The molecule has 0 spiro atoms. The molecule has 4 amide bonds. The standard InChI is InChI=1S/C21H28AsN5O9S/c1-2-16(28)26-14-7-11(22-36)3-5-13(14)25-18(30)10-37-9-15(20(33)24-8-19(31)32)27-17(29)6-4-12(23)21(34)35/h3,5,7,12,15H,2,4,6,8-10,23H2,1H3,(H,24,33)(H,25,30)(H,26,28)(H,27,29)(H,31,32)(H,34,35)/p-1. The summed E-state index contributed by atoms with van der Waals surface area (Å²) in [5.41, 5.74) is 3.89. The molecule has 2 unspecified atom stereocenters. The number of nitrogens with one attached hydrogen (secondary N) is 4. The Morgan fingerprint density at radius 3 is 2.30 bits per heavy atom. The van der Waals surface area contributed by atoms with Crippen LogP contribution in [0.25, 0.3) is 0 Å². The summed E-state index contributed by atoms with van der Waals surface area (Å²) >= 11 is -0.390. The van der Waals surface area contributed by atoms with Gasteiger partial charge in [0.1, 0.15) is 6.04 Å². The number of carbonyl (C=O) groups is 6. The number of anilines is 2. The van der Waals surface area contributed by atoms with Crippen LogP contribution < -0.4 is 41.6 Å². The predicted octanol–water partition coefficient (Wildman–Crippen LogP) is -5.13. The summed E-state index contributed by atoms with van der Waals surface area (Å²) in [5.74, 6) is -5.60. The topological polar surface area (TPSA) is 241 Å². The van der Waals surface area contributed by atoms with Crippen LogP contribution in [0.15, 0.2) is 18.2 Å². The normalized spacial score (nSPS) is 12.2. The van der Waals surface area contributed by atoms with Gasteiger partial charge >= 0.3 is 155 Å². The van der Waals surface area contributed by atoms with Gasteiger partial charge in [-0.3, -0.25) is 4.79 Å². The van der Waals surface area contributed by atoms with Gasteiger partial charge in [0, 0.05) is 12.8 Å². The number of aliphatic carboxylic acids is 2. The van der Waals surface area contributed by atoms with E-state index in [9.17, 15) is 42.7 Å². The van der Waals surface area contributed by atoms with Crippen LogP contribution in [0.2, 0.25) is 0 Å². The quantitative estimate of drug-likeness (QED) is 0.113. The molecule has 14 nitrogen and oxygen atoms in total. The van der Waals surface area contributed by atoms with Crippen molar-refractivity contribution in [3.8, 4) is 0 Å². The number of carboxylic acid groups (broad SMARTS) is 2. The van der Waals surface area contributed by atoms with Gasteiger partial charge in [0.2, 0.25) is 0 Å². The first-order valence-electron chi connectivity index (χ1n) is 10.9. The molecule has 202 valence electrons. The summed E-state index contributed by atoms with van der Waals surface area (Å²) in [7, 11) is 0. The molecule has 0 saturated heterocycles. The zero-order valence-electron chi connectivity index (χ0n) is 19.9. The molecule has 0 heterocycles. The zero-order valence-corrected chi connectivity index (χ0v) is 22.6. The monoisotopic (exact) mass is 600 g/mol. The second-order valence-electron chi connectivity index (χ2n) is 7.55. The van der Waals surface area contributed by atoms with Crippen molar-refractivity contribution in [2.75, 3.05) is 28.7 Å². The van der Waals surface area contributed by atoms with E-state index in [1.807, 2.05) is 0 Å². The Balaban J connectivity index is 2.78. The maximum atomic E-state index is 12.5. The zero-order chi connectivity index (χ0) is 28.0. The van der Waals surface area contributed by atoms with E-state index >= 15 is 0 Å². The Hall–Kier alpha value is -3.29. The van der Waals surface area contributed by atoms with Crippen molar-refractivity contribution >= 4 is 78.7 Å². The van der Waals surface area contributed by atoms with Gasteiger partial charge in [-0.2, -0.15) is 0 Å². The van der Waals surface area contributed by atoms with E-state index in [1.54, 1.807) is 13.0 Å². The van der Waals surface area contributed by atoms with Gasteiger partial charge in [0.25, 0.3) is 0 Å². The first-order chi connectivity index (χ1) is 17.5. The van der Waals surface area contributed by atoms with Crippen molar-refractivity contribution in [2.45, 2.75) is 38.3 Å². The van der Waals surface area contributed by atoms with E-state index in [0.29, 0.717) is 4.35 Å². The Morgan fingerprint density at radius 2 is 1.70 bits per heavy atom. The molecule has 1 aromatic carbocycles. The number of hydrogen-bond acceptors (Lipinski definition) is 10. The Labute approximate surface area is 222 Å². The fourth-order valence-electron chi connectivity index (χ4n) is 2.65. The minimum absolute atomic E-state index is 0.120. The van der Waals surface area contributed by atoms with E-state index in [2.05, 4.69) is 27.0 Å². The number of hydrogen-bond donors (Lipinski definition) is 5. The van der Waals surface area contributed by atoms with Gasteiger partial charge in [0.05, 0.1) is 18.5 Å². The molecule has 7 N–H and O–H groups in total. The van der Waals surface area contributed by atoms with Crippen molar-refractivity contribution in [3.63, 3.8) is 0 Å². The molecule has 0 aromatic heterocycles. The van der Waals surface area contributed by atoms with E-state index < -0.39 is 64.0 Å². The molecule has 0 aliphatic heterocycles. The molecule has 1 rings (SSSR count). The molecule has 1 aromatic rings. The third-order valence-corrected chi connectivity index (χ3v) is 6.67. The summed E-state index contributed by atoms with van der Waals surface area (Å²) < 4.78 is 11.8. The Morgan fingerprint density at radius 1 is 1.03 bits per heavy atom. The number of carboxylic acids is 2. The molecule has 2 atom stereocenters. The summed E-state index contributed by atoms with van der Waals surface area (Å²) in [6.07, 6.45) is -0.222. The van der Waals surface area contributed by atoms with Crippen LogP contribution in [-0.2, 0) is 32.5 Å². The minimum Gasteiger partial charge on any atom is -0.548 e. The molecule has 16 heteroatoms. The van der Waals surface area contributed by atoms with Crippen molar-refractivity contribution in [2.24, 2.45) is 0 Å². The van der Waals surface area contributed by atoms with E-state index in [-0.39, 0.29) is 48.1 Å². The summed E-state index contributed by atoms with van der Waals surface area (Å²) in [6.45, 7) is 0.849. The third kappa shape index (κ3) is 12.5. The number of carbonyl (C=O) groups excluding carboxylic acids is 6. The van der Waals surface area contributed by atoms with Crippen molar-refractivity contribution in [1.29, 1.82) is 0 Å². The van der Waals surface area contributed by atoms with Crippen molar-refractivity contribution in [3.05, 3.63) is 18.2 Å². The second-order valence-corrected chi connectivity index (χ2v) is 10.0. The molecular weight excluding hydrogens is 573 g/mol. The van der Waals surface area contributed by atoms with Crippen LogP contribution in [0.3, 0.4) is 0 Å². The van der Waals surface area contributed by atoms with Gasteiger partial charge in [-0.25, -0.2) is 0 Å². The molecule has 0 bridgehead atoms. The number of quaternary nitrogens is 1. The van der Waals surface area contributed by atoms with Gasteiger partial charge in [-0.05, 0) is 0 Å². The van der Waals surface area contributed by atoms with E-state index in [0.717, 1.165) is 11.8 Å². The fourth-order valence-corrected chi connectivity index (χ4v) is 4.16. The second kappa shape index (κ2) is 16.5. The number of amides is 4. The predicted molar refractivity (Wildman–Crippen MR) is 128 cm³/mol. The molecule has 0 radical (unpaired) electrons. The maximum absolute atomic E-state index is 12.5. The van der Waals surface area contributed by atoms with E-state index in [1.165, 1.54) is 12.1 Å². The number of rotatable bonds is 16. The van der Waals surface area contributed by atoms with Crippen LogP contribution in [0, 0.1) is 0 Å².